The SMILES string of the molecule is COc1cc(/C=C2/C(=N)N3C(c4ccccc4)=CSC3=NC2=O)ccc1OS(=O)(=O)c1ccc(C)cc1. The topological polar surface area (TPSA) is 109 Å². The van der Waals surface area contributed by atoms with Crippen LogP contribution in [-0.4, -0.2) is 37.3 Å². The van der Waals surface area contributed by atoms with Gasteiger partial charge in [-0.05, 0) is 48.4 Å². The summed E-state index contributed by atoms with van der Waals surface area (Å²) in [6, 6.07) is 20.5. The van der Waals surface area contributed by atoms with Gasteiger partial charge in [-0.3, -0.25) is 15.1 Å². The quantitative estimate of drug-likeness (QED) is 0.349. The molecule has 37 heavy (non-hydrogen) atoms. The Kier molecular flexibility index (Phi) is 6.45. The Bertz CT molecular complexity index is 1610. The van der Waals surface area contributed by atoms with Gasteiger partial charge in [0.15, 0.2) is 16.7 Å². The fourth-order valence-corrected chi connectivity index (χ4v) is 5.62. The highest BCUT2D eigenvalue weighted by Gasteiger charge is 2.36. The van der Waals surface area contributed by atoms with E-state index in [1.54, 1.807) is 29.2 Å². The summed E-state index contributed by atoms with van der Waals surface area (Å²) >= 11 is 1.29. The fraction of sp³-hybridized carbons (Fsp3) is 0.0741. The zero-order chi connectivity index (χ0) is 26.2. The van der Waals surface area contributed by atoms with Crippen molar-refractivity contribution in [2.75, 3.05) is 7.11 Å². The molecule has 8 nitrogen and oxygen atoms in total. The molecule has 0 aromatic heterocycles. The van der Waals surface area contributed by atoms with E-state index in [0.29, 0.717) is 10.7 Å². The lowest BCUT2D eigenvalue weighted by Gasteiger charge is -2.27. The molecule has 186 valence electrons. The van der Waals surface area contributed by atoms with Crippen molar-refractivity contribution in [3.63, 3.8) is 0 Å². The molecule has 2 heterocycles. The molecule has 0 aliphatic carbocycles. The minimum absolute atomic E-state index is 0.000759. The van der Waals surface area contributed by atoms with Gasteiger partial charge in [0, 0.05) is 5.41 Å². The molecule has 10 heteroatoms. The highest BCUT2D eigenvalue weighted by atomic mass is 32.2. The fourth-order valence-electron chi connectivity index (χ4n) is 3.80. The summed E-state index contributed by atoms with van der Waals surface area (Å²) in [7, 11) is -2.69. The third-order valence-corrected chi connectivity index (χ3v) is 7.77. The number of fused-ring (bicyclic) bond motifs is 1. The monoisotopic (exact) mass is 531 g/mol. The second kappa shape index (κ2) is 9.72. The van der Waals surface area contributed by atoms with E-state index in [1.807, 2.05) is 42.7 Å². The van der Waals surface area contributed by atoms with Gasteiger partial charge in [-0.15, -0.1) is 0 Å². The molecule has 0 saturated heterocycles. The highest BCUT2D eigenvalue weighted by Crippen LogP contribution is 2.38. The molecule has 0 atom stereocenters. The van der Waals surface area contributed by atoms with E-state index < -0.39 is 16.0 Å². The van der Waals surface area contributed by atoms with Crippen LogP contribution in [0.25, 0.3) is 11.8 Å². The van der Waals surface area contributed by atoms with Crippen molar-refractivity contribution in [2.45, 2.75) is 11.8 Å². The third-order valence-electron chi connectivity index (χ3n) is 5.69. The van der Waals surface area contributed by atoms with Crippen molar-refractivity contribution in [1.82, 2.24) is 4.90 Å². The lowest BCUT2D eigenvalue weighted by atomic mass is 10.1. The van der Waals surface area contributed by atoms with Crippen molar-refractivity contribution in [2.24, 2.45) is 4.99 Å². The van der Waals surface area contributed by atoms with E-state index in [-0.39, 0.29) is 27.8 Å². The van der Waals surface area contributed by atoms with Crippen molar-refractivity contribution in [1.29, 1.82) is 5.41 Å². The van der Waals surface area contributed by atoms with Gasteiger partial charge in [-0.2, -0.15) is 13.4 Å². The van der Waals surface area contributed by atoms with Gasteiger partial charge in [-0.1, -0.05) is 65.9 Å². The molecule has 1 amide bonds. The van der Waals surface area contributed by atoms with Crippen molar-refractivity contribution >= 4 is 50.6 Å². The van der Waals surface area contributed by atoms with Gasteiger partial charge >= 0.3 is 10.1 Å². The van der Waals surface area contributed by atoms with E-state index in [1.165, 1.54) is 43.1 Å². The van der Waals surface area contributed by atoms with Crippen LogP contribution in [0.3, 0.4) is 0 Å². The normalized spacial score (nSPS) is 16.4. The maximum Gasteiger partial charge on any atom is 0.339 e. The van der Waals surface area contributed by atoms with Crippen LogP contribution in [0.2, 0.25) is 0 Å². The Morgan fingerprint density at radius 1 is 1.00 bits per heavy atom. The van der Waals surface area contributed by atoms with Crippen LogP contribution in [-0.2, 0) is 14.9 Å². The first-order chi connectivity index (χ1) is 17.8. The molecular weight excluding hydrogens is 510 g/mol. The first-order valence-corrected chi connectivity index (χ1v) is 13.4. The molecule has 0 saturated carbocycles. The number of methoxy groups -OCH3 is 1. The first-order valence-electron chi connectivity index (χ1n) is 11.1. The number of aryl methyl sites for hydroxylation is 1. The largest absolute Gasteiger partial charge is 0.493 e. The minimum Gasteiger partial charge on any atom is -0.493 e. The van der Waals surface area contributed by atoms with E-state index >= 15 is 0 Å². The molecule has 5 rings (SSSR count). The van der Waals surface area contributed by atoms with Crippen LogP contribution < -0.4 is 8.92 Å². The summed E-state index contributed by atoms with van der Waals surface area (Å²) < 4.78 is 36.2. The predicted molar refractivity (Wildman–Crippen MR) is 144 cm³/mol. The summed E-state index contributed by atoms with van der Waals surface area (Å²) in [6.07, 6.45) is 1.53. The van der Waals surface area contributed by atoms with Gasteiger partial charge in [0.1, 0.15) is 10.7 Å². The first kappa shape index (κ1) is 24.5. The molecule has 1 N–H and O–H groups in total. The summed E-state index contributed by atoms with van der Waals surface area (Å²) in [6.45, 7) is 1.86. The molecule has 2 aliphatic rings. The molecule has 0 spiro atoms. The second-order valence-electron chi connectivity index (χ2n) is 8.19. The number of carbonyl (C=O) groups excluding carboxylic acids is 1. The summed E-state index contributed by atoms with van der Waals surface area (Å²) in [5.74, 6) is -0.379. The van der Waals surface area contributed by atoms with Crippen molar-refractivity contribution < 1.29 is 22.1 Å². The summed E-state index contributed by atoms with van der Waals surface area (Å²) in [5.41, 5.74) is 3.19. The number of nitrogens with zero attached hydrogens (tertiary/aromatic N) is 2. The van der Waals surface area contributed by atoms with Gasteiger partial charge in [0.05, 0.1) is 18.4 Å². The van der Waals surface area contributed by atoms with E-state index in [4.69, 9.17) is 14.3 Å². The Hall–Kier alpha value is -4.15. The van der Waals surface area contributed by atoms with Crippen LogP contribution in [0.5, 0.6) is 11.5 Å². The Balaban J connectivity index is 1.44. The molecule has 3 aromatic rings. The number of rotatable bonds is 6. The van der Waals surface area contributed by atoms with Gasteiger partial charge in [-0.25, -0.2) is 0 Å². The molecular formula is C27H21N3O5S2. The number of nitrogens with one attached hydrogen (secondary N) is 1. The van der Waals surface area contributed by atoms with E-state index in [9.17, 15) is 13.2 Å². The highest BCUT2D eigenvalue weighted by molar-refractivity contribution is 8.17. The average Bonchev–Trinajstić information content (AvgIpc) is 3.32. The van der Waals surface area contributed by atoms with Crippen LogP contribution in [0.1, 0.15) is 16.7 Å². The molecule has 0 radical (unpaired) electrons. The average molecular weight is 532 g/mol. The van der Waals surface area contributed by atoms with Gasteiger partial charge < -0.3 is 8.92 Å². The Labute approximate surface area is 218 Å². The number of hydrogen-bond donors (Lipinski definition) is 1. The number of thioether (sulfide) groups is 1. The lowest BCUT2D eigenvalue weighted by Crippen LogP contribution is -2.38. The number of amidine groups is 2. The number of carbonyl (C=O) groups is 1. The number of benzene rings is 3. The zero-order valence-corrected chi connectivity index (χ0v) is 21.5. The zero-order valence-electron chi connectivity index (χ0n) is 19.8. The number of hydrogen-bond acceptors (Lipinski definition) is 7. The molecule has 0 fully saturated rings. The number of amides is 1. The van der Waals surface area contributed by atoms with Crippen LogP contribution >= 0.6 is 11.8 Å². The van der Waals surface area contributed by atoms with E-state index in [0.717, 1.165) is 16.8 Å². The van der Waals surface area contributed by atoms with Crippen LogP contribution in [0.15, 0.2) is 93.7 Å². The standard InChI is InChI=1S/C27H21N3O5S2/c1-17-8-11-20(12-9-17)37(32,33)35-23-13-10-18(15-24(23)34-2)14-21-25(28)30-22(19-6-4-3-5-7-19)16-36-27(30)29-26(21)31/h3-16,28H,1-2H3/b21-14-,28-25?. The number of ether oxygens (including phenoxy) is 1. The lowest BCUT2D eigenvalue weighted by molar-refractivity contribution is -0.114. The molecule has 0 unspecified atom stereocenters. The van der Waals surface area contributed by atoms with Crippen LogP contribution in [0, 0.1) is 12.3 Å². The Morgan fingerprint density at radius 2 is 1.73 bits per heavy atom. The molecule has 3 aromatic carbocycles. The summed E-state index contributed by atoms with van der Waals surface area (Å²) in [5, 5.41) is 11.1. The van der Waals surface area contributed by atoms with Gasteiger partial charge in [0.25, 0.3) is 5.91 Å². The smallest absolute Gasteiger partial charge is 0.339 e. The maximum absolute atomic E-state index is 12.8. The van der Waals surface area contributed by atoms with E-state index in [2.05, 4.69) is 4.99 Å². The predicted octanol–water partition coefficient (Wildman–Crippen LogP) is 5.08. The third kappa shape index (κ3) is 4.81. The van der Waals surface area contributed by atoms with Crippen molar-refractivity contribution in [3.05, 3.63) is 100 Å². The number of aliphatic imine (C=N–C) groups is 1. The van der Waals surface area contributed by atoms with Gasteiger partial charge in [0.2, 0.25) is 0 Å². The second-order valence-corrected chi connectivity index (χ2v) is 10.6. The van der Waals surface area contributed by atoms with Crippen molar-refractivity contribution in [3.8, 4) is 11.5 Å². The molecule has 0 bridgehead atoms. The Morgan fingerprint density at radius 3 is 2.43 bits per heavy atom. The van der Waals surface area contributed by atoms with Crippen LogP contribution in [0.4, 0.5) is 0 Å². The maximum atomic E-state index is 12.8. The molecule has 2 aliphatic heterocycles. The summed E-state index contributed by atoms with van der Waals surface area (Å²) in [4.78, 5) is 18.6. The minimum atomic E-state index is -4.08.